The summed E-state index contributed by atoms with van der Waals surface area (Å²) in [5.41, 5.74) is 2.18. The summed E-state index contributed by atoms with van der Waals surface area (Å²) in [7, 11) is 1.59. The topological polar surface area (TPSA) is 88.4 Å². The highest BCUT2D eigenvalue weighted by atomic mass is 19.1. The molecule has 1 fully saturated rings. The molecule has 0 aliphatic carbocycles. The van der Waals surface area contributed by atoms with Gasteiger partial charge in [0, 0.05) is 30.1 Å². The lowest BCUT2D eigenvalue weighted by molar-refractivity contribution is -0.137. The largest absolute Gasteiger partial charge is 0.497 e. The Hall–Kier alpha value is -3.57. The van der Waals surface area contributed by atoms with Crippen LogP contribution in [-0.2, 0) is 4.79 Å². The Morgan fingerprint density at radius 2 is 2.11 bits per heavy atom. The molecule has 3 heterocycles. The molecule has 3 aromatic rings. The Labute approximate surface area is 210 Å². The third-order valence-corrected chi connectivity index (χ3v) is 6.93. The van der Waals surface area contributed by atoms with Crippen molar-refractivity contribution in [1.29, 1.82) is 0 Å². The number of carboxylic acid groups (broad SMARTS) is 1. The van der Waals surface area contributed by atoms with Gasteiger partial charge in [0.05, 0.1) is 31.6 Å². The normalized spacial score (nSPS) is 18.8. The van der Waals surface area contributed by atoms with E-state index >= 15 is 4.39 Å². The highest BCUT2D eigenvalue weighted by Crippen LogP contribution is 2.36. The molecule has 0 saturated carbocycles. The second kappa shape index (κ2) is 12.4. The number of methoxy groups -OCH3 is 1. The van der Waals surface area contributed by atoms with Crippen LogP contribution >= 0.6 is 0 Å². The molecule has 0 unspecified atom stereocenters. The number of aromatic nitrogens is 3. The molecule has 0 amide bonds. The number of piperidine rings is 1. The van der Waals surface area contributed by atoms with Crippen LogP contribution in [0, 0.1) is 23.7 Å². The number of benzene rings is 1. The number of likely N-dealkylation sites (tertiary alicyclic amines) is 1. The maximum Gasteiger partial charge on any atom is 0.303 e. The lowest BCUT2D eigenvalue weighted by Gasteiger charge is -2.38. The first-order chi connectivity index (χ1) is 17.5. The first-order valence-electron chi connectivity index (χ1n) is 12.3. The number of aliphatic carboxylic acids is 1. The summed E-state index contributed by atoms with van der Waals surface area (Å²) in [6.07, 6.45) is 6.47. The van der Waals surface area contributed by atoms with Crippen LogP contribution in [0.15, 0.2) is 48.9 Å². The summed E-state index contributed by atoms with van der Waals surface area (Å²) >= 11 is 0. The van der Waals surface area contributed by atoms with Crippen LogP contribution < -0.4 is 4.74 Å². The standard InChI is InChI=1S/C28H31FN4O3/c1-36-23-6-8-27-25(17-23)24(11-13-30-27)26(29)7-4-21-12-16-33(19-22(21)5-9-28(34)35)15-2-3-20-10-14-31-32-18-20/h6,8,10-11,13-14,17-18,21-22,26H,4-5,7,9,12,15-16,19H2,1H3,(H,34,35)/t21-,22-,26-/m1/s1. The van der Waals surface area contributed by atoms with E-state index in [1.165, 1.54) is 0 Å². The van der Waals surface area contributed by atoms with Crippen LogP contribution in [0.3, 0.4) is 0 Å². The van der Waals surface area contributed by atoms with Gasteiger partial charge in [-0.05, 0) is 80.0 Å². The zero-order valence-corrected chi connectivity index (χ0v) is 20.4. The van der Waals surface area contributed by atoms with E-state index in [2.05, 4.69) is 31.9 Å². The van der Waals surface area contributed by atoms with Crippen molar-refractivity contribution < 1.29 is 19.0 Å². The summed E-state index contributed by atoms with van der Waals surface area (Å²) in [6.45, 7) is 2.24. The van der Waals surface area contributed by atoms with Gasteiger partial charge in [0.25, 0.3) is 0 Å². The Balaban J connectivity index is 1.39. The SMILES string of the molecule is COc1ccc2nccc([C@H](F)CC[C@@H]3CCN(CC#Cc4ccnnc4)C[C@H]3CCC(=O)O)c2c1. The quantitative estimate of drug-likeness (QED) is 0.436. The van der Waals surface area contributed by atoms with Crippen molar-refractivity contribution >= 4 is 16.9 Å². The predicted octanol–water partition coefficient (Wildman–Crippen LogP) is 4.68. The number of carboxylic acids is 1. The summed E-state index contributed by atoms with van der Waals surface area (Å²) in [5, 5.41) is 17.6. The lowest BCUT2D eigenvalue weighted by Crippen LogP contribution is -2.41. The van der Waals surface area contributed by atoms with Crippen molar-refractivity contribution in [3.8, 4) is 17.6 Å². The first-order valence-corrected chi connectivity index (χ1v) is 12.3. The van der Waals surface area contributed by atoms with Gasteiger partial charge in [-0.1, -0.05) is 11.8 Å². The Bertz CT molecular complexity index is 1230. The summed E-state index contributed by atoms with van der Waals surface area (Å²) in [6, 6.07) is 9.06. The second-order valence-corrected chi connectivity index (χ2v) is 9.24. The molecule has 2 aromatic heterocycles. The molecule has 1 N–H and O–H groups in total. The average Bonchev–Trinajstić information content (AvgIpc) is 2.91. The van der Waals surface area contributed by atoms with Gasteiger partial charge in [0.15, 0.2) is 0 Å². The van der Waals surface area contributed by atoms with E-state index in [0.717, 1.165) is 36.0 Å². The molecule has 1 saturated heterocycles. The molecule has 0 radical (unpaired) electrons. The lowest BCUT2D eigenvalue weighted by atomic mass is 9.79. The van der Waals surface area contributed by atoms with E-state index in [9.17, 15) is 9.90 Å². The van der Waals surface area contributed by atoms with Gasteiger partial charge < -0.3 is 9.84 Å². The van der Waals surface area contributed by atoms with E-state index in [1.54, 1.807) is 31.8 Å². The smallest absolute Gasteiger partial charge is 0.303 e. The fraction of sp³-hybridized carbons (Fsp3) is 0.429. The number of ether oxygens (including phenoxy) is 1. The van der Waals surface area contributed by atoms with Gasteiger partial charge in [-0.25, -0.2) is 4.39 Å². The van der Waals surface area contributed by atoms with Crippen molar-refractivity contribution in [2.75, 3.05) is 26.7 Å². The number of alkyl halides is 1. The fourth-order valence-corrected chi connectivity index (χ4v) is 5.00. The monoisotopic (exact) mass is 490 g/mol. The van der Waals surface area contributed by atoms with E-state index < -0.39 is 12.1 Å². The fourth-order valence-electron chi connectivity index (χ4n) is 5.00. The van der Waals surface area contributed by atoms with Gasteiger partial charge in [0.2, 0.25) is 0 Å². The highest BCUT2D eigenvalue weighted by Gasteiger charge is 2.30. The molecule has 36 heavy (non-hydrogen) atoms. The van der Waals surface area contributed by atoms with Crippen molar-refractivity contribution in [2.24, 2.45) is 11.8 Å². The molecule has 1 aromatic carbocycles. The van der Waals surface area contributed by atoms with Gasteiger partial charge in [-0.3, -0.25) is 14.7 Å². The maximum absolute atomic E-state index is 15.5. The number of hydrogen-bond donors (Lipinski definition) is 1. The minimum atomic E-state index is -1.12. The molecule has 0 spiro atoms. The van der Waals surface area contributed by atoms with Crippen LogP contribution in [0.5, 0.6) is 5.75 Å². The zero-order chi connectivity index (χ0) is 25.3. The molecule has 7 nitrogen and oxygen atoms in total. The average molecular weight is 491 g/mol. The zero-order valence-electron chi connectivity index (χ0n) is 20.4. The highest BCUT2D eigenvalue weighted by molar-refractivity contribution is 5.83. The number of rotatable bonds is 9. The minimum Gasteiger partial charge on any atom is -0.497 e. The van der Waals surface area contributed by atoms with Crippen LogP contribution in [-0.4, -0.2) is 57.9 Å². The third-order valence-electron chi connectivity index (χ3n) is 6.93. The number of pyridine rings is 1. The summed E-state index contributed by atoms with van der Waals surface area (Å²) in [5.74, 6) is 6.63. The van der Waals surface area contributed by atoms with Gasteiger partial charge in [-0.15, -0.1) is 0 Å². The molecule has 4 rings (SSSR count). The molecule has 1 aliphatic heterocycles. The number of carbonyl (C=O) groups is 1. The van der Waals surface area contributed by atoms with Crippen molar-refractivity contribution in [3.63, 3.8) is 0 Å². The Morgan fingerprint density at radius 1 is 1.22 bits per heavy atom. The molecule has 8 heteroatoms. The number of nitrogens with zero attached hydrogens (tertiary/aromatic N) is 4. The molecular weight excluding hydrogens is 459 g/mol. The predicted molar refractivity (Wildman–Crippen MR) is 135 cm³/mol. The van der Waals surface area contributed by atoms with Crippen molar-refractivity contribution in [2.45, 2.75) is 38.3 Å². The van der Waals surface area contributed by atoms with E-state index in [1.807, 2.05) is 24.3 Å². The number of fused-ring (bicyclic) bond motifs is 1. The van der Waals surface area contributed by atoms with Crippen molar-refractivity contribution in [3.05, 3.63) is 60.0 Å². The minimum absolute atomic E-state index is 0.122. The van der Waals surface area contributed by atoms with E-state index in [0.29, 0.717) is 37.1 Å². The maximum atomic E-state index is 15.5. The second-order valence-electron chi connectivity index (χ2n) is 9.24. The first kappa shape index (κ1) is 25.5. The molecule has 1 aliphatic rings. The summed E-state index contributed by atoms with van der Waals surface area (Å²) in [4.78, 5) is 17.9. The molecule has 3 atom stereocenters. The molecular formula is C28H31FN4O3. The van der Waals surface area contributed by atoms with Crippen LogP contribution in [0.4, 0.5) is 4.39 Å². The van der Waals surface area contributed by atoms with E-state index in [-0.39, 0.29) is 18.3 Å². The van der Waals surface area contributed by atoms with Gasteiger partial charge >= 0.3 is 5.97 Å². The molecule has 0 bridgehead atoms. The Morgan fingerprint density at radius 3 is 2.89 bits per heavy atom. The van der Waals surface area contributed by atoms with Crippen LogP contribution in [0.2, 0.25) is 0 Å². The van der Waals surface area contributed by atoms with Crippen molar-refractivity contribution in [1.82, 2.24) is 20.1 Å². The third kappa shape index (κ3) is 6.76. The van der Waals surface area contributed by atoms with E-state index in [4.69, 9.17) is 4.74 Å². The van der Waals surface area contributed by atoms with Crippen LogP contribution in [0.25, 0.3) is 10.9 Å². The van der Waals surface area contributed by atoms with Gasteiger partial charge in [-0.2, -0.15) is 10.2 Å². The Kier molecular flexibility index (Phi) is 8.80. The van der Waals surface area contributed by atoms with Gasteiger partial charge in [0.1, 0.15) is 11.9 Å². The number of hydrogen-bond acceptors (Lipinski definition) is 6. The summed E-state index contributed by atoms with van der Waals surface area (Å²) < 4.78 is 20.8. The molecule has 188 valence electrons. The van der Waals surface area contributed by atoms with Crippen LogP contribution in [0.1, 0.15) is 49.4 Å². The number of halogens is 1.